The molecular weight excluding hydrogens is 484 g/mol. The van der Waals surface area contributed by atoms with E-state index in [9.17, 15) is 14.7 Å². The molecule has 2 saturated carbocycles. The van der Waals surface area contributed by atoms with E-state index in [1.54, 1.807) is 13.8 Å². The van der Waals surface area contributed by atoms with Crippen LogP contribution in [0.15, 0.2) is 12.2 Å². The Morgan fingerprint density at radius 1 is 0.921 bits per heavy atom. The Balaban J connectivity index is 1.78. The van der Waals surface area contributed by atoms with Crippen LogP contribution in [0.5, 0.6) is 0 Å². The molecular formula is C31H54O7. The van der Waals surface area contributed by atoms with E-state index in [1.807, 2.05) is 0 Å². The van der Waals surface area contributed by atoms with Gasteiger partial charge in [-0.15, -0.1) is 0 Å². The van der Waals surface area contributed by atoms with Gasteiger partial charge in [-0.2, -0.15) is 0 Å². The fourth-order valence-corrected chi connectivity index (χ4v) is 5.76. The summed E-state index contributed by atoms with van der Waals surface area (Å²) in [5, 5.41) is 9.45. The van der Waals surface area contributed by atoms with E-state index in [0.29, 0.717) is 6.61 Å². The fraction of sp³-hybridized carbons (Fsp3) is 0.871. The van der Waals surface area contributed by atoms with E-state index < -0.39 is 17.4 Å². The van der Waals surface area contributed by atoms with Crippen molar-refractivity contribution < 1.29 is 33.6 Å². The van der Waals surface area contributed by atoms with Crippen LogP contribution in [0, 0.1) is 29.1 Å². The number of unbranched alkanes of at least 4 members (excludes halogenated alkanes) is 2. The highest BCUT2D eigenvalue weighted by atomic mass is 16.6. The first kappa shape index (κ1) is 32.8. The average molecular weight is 539 g/mol. The molecule has 0 spiro atoms. The number of carbonyl (C=O) groups excluding carboxylic acids is 2. The zero-order valence-corrected chi connectivity index (χ0v) is 24.5. The Morgan fingerprint density at radius 2 is 1.53 bits per heavy atom. The summed E-state index contributed by atoms with van der Waals surface area (Å²) in [5.74, 6) is 1.33. The molecule has 0 aromatic heterocycles. The van der Waals surface area contributed by atoms with Gasteiger partial charge in [0.25, 0.3) is 0 Å². The summed E-state index contributed by atoms with van der Waals surface area (Å²) in [4.78, 5) is 24.5. The number of esters is 2. The van der Waals surface area contributed by atoms with Crippen molar-refractivity contribution in [2.75, 3.05) is 40.1 Å². The van der Waals surface area contributed by atoms with E-state index in [0.717, 1.165) is 30.6 Å². The Hall–Kier alpha value is -1.44. The van der Waals surface area contributed by atoms with Crippen LogP contribution in [0.1, 0.15) is 97.8 Å². The quantitative estimate of drug-likeness (QED) is 0.141. The third-order valence-corrected chi connectivity index (χ3v) is 8.52. The summed E-state index contributed by atoms with van der Waals surface area (Å²) in [6, 6.07) is 0. The molecule has 38 heavy (non-hydrogen) atoms. The Morgan fingerprint density at radius 3 is 2.11 bits per heavy atom. The van der Waals surface area contributed by atoms with Crippen molar-refractivity contribution in [3.8, 4) is 0 Å². The minimum absolute atomic E-state index is 0.0587. The van der Waals surface area contributed by atoms with Crippen LogP contribution in [0.2, 0.25) is 0 Å². The summed E-state index contributed by atoms with van der Waals surface area (Å²) in [5.41, 5.74) is -0.749. The zero-order chi connectivity index (χ0) is 28.0. The zero-order valence-electron chi connectivity index (χ0n) is 24.5. The van der Waals surface area contributed by atoms with E-state index in [4.69, 9.17) is 18.9 Å². The molecule has 2 fully saturated rings. The molecule has 2 aliphatic carbocycles. The first-order valence-electron chi connectivity index (χ1n) is 14.9. The Bertz CT molecular complexity index is 703. The second-order valence-corrected chi connectivity index (χ2v) is 12.3. The van der Waals surface area contributed by atoms with E-state index in [2.05, 4.69) is 13.5 Å². The number of rotatable bonds is 17. The maximum absolute atomic E-state index is 12.3. The molecule has 7 nitrogen and oxygen atoms in total. The molecule has 0 amide bonds. The first-order valence-corrected chi connectivity index (χ1v) is 14.9. The Labute approximate surface area is 231 Å². The molecule has 0 bridgehead atoms. The lowest BCUT2D eigenvalue weighted by atomic mass is 9.70. The minimum atomic E-state index is -0.984. The maximum atomic E-state index is 12.3. The van der Waals surface area contributed by atoms with E-state index >= 15 is 0 Å². The second-order valence-electron chi connectivity index (χ2n) is 12.3. The summed E-state index contributed by atoms with van der Waals surface area (Å²) < 4.78 is 22.1. The number of methoxy groups -OCH3 is 1. The van der Waals surface area contributed by atoms with Crippen LogP contribution in [0.25, 0.3) is 0 Å². The van der Waals surface area contributed by atoms with Crippen molar-refractivity contribution in [2.45, 2.75) is 104 Å². The van der Waals surface area contributed by atoms with Gasteiger partial charge in [-0.25, -0.2) is 4.79 Å². The first-order chi connectivity index (χ1) is 18.2. The number of aliphatic hydroxyl groups is 1. The van der Waals surface area contributed by atoms with Gasteiger partial charge in [-0.05, 0) is 70.1 Å². The highest BCUT2D eigenvalue weighted by Gasteiger charge is 2.32. The van der Waals surface area contributed by atoms with Crippen molar-refractivity contribution in [1.82, 2.24) is 0 Å². The molecule has 0 aromatic rings. The van der Waals surface area contributed by atoms with Crippen LogP contribution in [-0.2, 0) is 28.5 Å². The molecule has 1 atom stereocenters. The second kappa shape index (κ2) is 17.3. The van der Waals surface area contributed by atoms with Gasteiger partial charge in [-0.3, -0.25) is 4.79 Å². The normalized spacial score (nSPS) is 25.0. The smallest absolute Gasteiger partial charge is 0.335 e. The Kier molecular flexibility index (Phi) is 14.9. The molecule has 0 saturated heterocycles. The summed E-state index contributed by atoms with van der Waals surface area (Å²) >= 11 is 0. The SMILES string of the molecule is C=C(COC)C(=O)OCC(COC(=O)C(C)(C)CO)COC1CCC(C2CCC(CCCCC)CC2)CC1. The van der Waals surface area contributed by atoms with Crippen LogP contribution < -0.4 is 0 Å². The fourth-order valence-electron chi connectivity index (χ4n) is 5.76. The average Bonchev–Trinajstić information content (AvgIpc) is 2.93. The lowest BCUT2D eigenvalue weighted by Gasteiger charge is -2.38. The number of aliphatic hydroxyl groups excluding tert-OH is 1. The largest absolute Gasteiger partial charge is 0.465 e. The van der Waals surface area contributed by atoms with E-state index in [1.165, 1.54) is 71.3 Å². The van der Waals surface area contributed by atoms with Crippen molar-refractivity contribution in [2.24, 2.45) is 29.1 Å². The molecule has 0 aliphatic heterocycles. The van der Waals surface area contributed by atoms with Crippen molar-refractivity contribution in [3.63, 3.8) is 0 Å². The molecule has 0 aromatic carbocycles. The summed E-state index contributed by atoms with van der Waals surface area (Å²) in [7, 11) is 1.49. The topological polar surface area (TPSA) is 91.3 Å². The minimum Gasteiger partial charge on any atom is -0.465 e. The van der Waals surface area contributed by atoms with E-state index in [-0.39, 0.29) is 44.0 Å². The molecule has 1 unspecified atom stereocenters. The van der Waals surface area contributed by atoms with Crippen LogP contribution in [0.4, 0.5) is 0 Å². The number of ether oxygens (including phenoxy) is 4. The maximum Gasteiger partial charge on any atom is 0.335 e. The van der Waals surface area contributed by atoms with Gasteiger partial charge in [0.05, 0.1) is 56.0 Å². The standard InChI is InChI=1S/C31H54O7/c1-6-7-8-9-24-10-12-26(13-11-24)27-14-16-28(17-15-27)36-19-25(20-37-29(33)23(2)18-35-5)21-38-30(34)31(3,4)22-32/h24-28,32H,2,6-22H2,1,3-5H3. The van der Waals surface area contributed by atoms with Gasteiger partial charge in [0, 0.05) is 7.11 Å². The third-order valence-electron chi connectivity index (χ3n) is 8.52. The highest BCUT2D eigenvalue weighted by Crippen LogP contribution is 2.41. The predicted molar refractivity (Wildman–Crippen MR) is 149 cm³/mol. The molecule has 2 rings (SSSR count). The van der Waals surface area contributed by atoms with Gasteiger partial charge in [0.2, 0.25) is 0 Å². The van der Waals surface area contributed by atoms with Gasteiger partial charge >= 0.3 is 11.9 Å². The number of hydrogen-bond acceptors (Lipinski definition) is 7. The lowest BCUT2D eigenvalue weighted by molar-refractivity contribution is -0.160. The van der Waals surface area contributed by atoms with Gasteiger partial charge in [0.15, 0.2) is 0 Å². The lowest BCUT2D eigenvalue weighted by Crippen LogP contribution is -2.34. The molecule has 0 radical (unpaired) electrons. The number of hydrogen-bond donors (Lipinski definition) is 1. The van der Waals surface area contributed by atoms with Gasteiger partial charge in [0.1, 0.15) is 0 Å². The molecule has 0 heterocycles. The molecule has 1 N–H and O–H groups in total. The molecule has 2 aliphatic rings. The predicted octanol–water partition coefficient (Wildman–Crippen LogP) is 5.87. The van der Waals surface area contributed by atoms with Crippen LogP contribution in [-0.4, -0.2) is 63.3 Å². The van der Waals surface area contributed by atoms with Crippen LogP contribution >= 0.6 is 0 Å². The van der Waals surface area contributed by atoms with Crippen molar-refractivity contribution >= 4 is 11.9 Å². The summed E-state index contributed by atoms with van der Waals surface area (Å²) in [6.07, 6.45) is 15.8. The molecule has 7 heteroatoms. The van der Waals surface area contributed by atoms with Gasteiger partial charge < -0.3 is 24.1 Å². The number of carbonyl (C=O) groups is 2. The van der Waals surface area contributed by atoms with Crippen molar-refractivity contribution in [3.05, 3.63) is 12.2 Å². The third kappa shape index (κ3) is 11.4. The highest BCUT2D eigenvalue weighted by molar-refractivity contribution is 5.87. The summed E-state index contributed by atoms with van der Waals surface area (Å²) in [6.45, 7) is 9.48. The monoisotopic (exact) mass is 538 g/mol. The van der Waals surface area contributed by atoms with Crippen molar-refractivity contribution in [1.29, 1.82) is 0 Å². The van der Waals surface area contributed by atoms with Gasteiger partial charge in [-0.1, -0.05) is 52.0 Å². The van der Waals surface area contributed by atoms with Crippen LogP contribution in [0.3, 0.4) is 0 Å². The molecule has 220 valence electrons.